The number of anilines is 1. The molecular weight excluding hydrogens is 354 g/mol. The molecule has 0 unspecified atom stereocenters. The normalized spacial score (nSPS) is 10.9. The van der Waals surface area contributed by atoms with Crippen molar-refractivity contribution in [2.75, 3.05) is 10.8 Å². The van der Waals surface area contributed by atoms with Crippen LogP contribution in [0.25, 0.3) is 0 Å². The molecule has 2 rings (SSSR count). The Balaban J connectivity index is 2.64. The third-order valence-electron chi connectivity index (χ3n) is 3.33. The second-order valence-electron chi connectivity index (χ2n) is 4.81. The minimum absolute atomic E-state index is 0.0345. The predicted molar refractivity (Wildman–Crippen MR) is 89.4 cm³/mol. The lowest BCUT2D eigenvalue weighted by Gasteiger charge is -2.21. The van der Waals surface area contributed by atoms with Crippen LogP contribution >= 0.6 is 11.6 Å². The van der Waals surface area contributed by atoms with E-state index in [-0.39, 0.29) is 21.2 Å². The molecule has 0 heterocycles. The van der Waals surface area contributed by atoms with Gasteiger partial charge in [-0.3, -0.25) is 14.4 Å². The monoisotopic (exact) mass is 365 g/mol. The Morgan fingerprint density at radius 2 is 1.92 bits per heavy atom. The molecule has 24 heavy (non-hydrogen) atoms. The Bertz CT molecular complexity index is 924. The fraction of sp³-hybridized carbons (Fsp3) is 0.133. The van der Waals surface area contributed by atoms with Crippen LogP contribution in [0, 0.1) is 28.4 Å². The molecule has 0 atom stereocenters. The van der Waals surface area contributed by atoms with Gasteiger partial charge in [0.1, 0.15) is 6.54 Å². The van der Waals surface area contributed by atoms with Gasteiger partial charge in [-0.1, -0.05) is 29.8 Å². The number of sulfonamides is 1. The lowest BCUT2D eigenvalue weighted by atomic mass is 10.2. The zero-order valence-corrected chi connectivity index (χ0v) is 14.1. The summed E-state index contributed by atoms with van der Waals surface area (Å²) in [4.78, 5) is 10.1. The lowest BCUT2D eigenvalue weighted by molar-refractivity contribution is -0.385. The minimum atomic E-state index is -4.19. The quantitative estimate of drug-likeness (QED) is 0.459. The summed E-state index contributed by atoms with van der Waals surface area (Å²) in [5.74, 6) is 0. The summed E-state index contributed by atoms with van der Waals surface area (Å²) in [5, 5.41) is 20.0. The van der Waals surface area contributed by atoms with Crippen LogP contribution in [0.4, 0.5) is 11.4 Å². The molecule has 0 saturated carbocycles. The summed E-state index contributed by atoms with van der Waals surface area (Å²) >= 11 is 5.94. The highest BCUT2D eigenvalue weighted by molar-refractivity contribution is 7.92. The lowest BCUT2D eigenvalue weighted by Crippen LogP contribution is -2.31. The van der Waals surface area contributed by atoms with Crippen LogP contribution in [0.2, 0.25) is 5.02 Å². The highest BCUT2D eigenvalue weighted by atomic mass is 35.5. The first-order valence-corrected chi connectivity index (χ1v) is 8.50. The molecule has 7 nitrogen and oxygen atoms in total. The van der Waals surface area contributed by atoms with Crippen LogP contribution in [0.15, 0.2) is 47.4 Å². The molecule has 0 spiro atoms. The molecular formula is C15H12ClN3O4S. The van der Waals surface area contributed by atoms with Gasteiger partial charge in [0.15, 0.2) is 0 Å². The van der Waals surface area contributed by atoms with Crippen LogP contribution in [-0.2, 0) is 10.0 Å². The van der Waals surface area contributed by atoms with Gasteiger partial charge in [0.05, 0.1) is 26.6 Å². The molecule has 0 radical (unpaired) electrons. The summed E-state index contributed by atoms with van der Waals surface area (Å²) in [7, 11) is -4.19. The molecule has 0 aromatic heterocycles. The van der Waals surface area contributed by atoms with Crippen LogP contribution in [0.3, 0.4) is 0 Å². The first-order chi connectivity index (χ1) is 11.3. The van der Waals surface area contributed by atoms with Gasteiger partial charge >= 0.3 is 0 Å². The van der Waals surface area contributed by atoms with Crippen LogP contribution in [0.1, 0.15) is 5.56 Å². The maximum absolute atomic E-state index is 12.9. The van der Waals surface area contributed by atoms with Crippen LogP contribution < -0.4 is 4.31 Å². The largest absolute Gasteiger partial charge is 0.275 e. The molecule has 0 fully saturated rings. The van der Waals surface area contributed by atoms with Crippen molar-refractivity contribution >= 4 is 33.0 Å². The van der Waals surface area contributed by atoms with Crippen molar-refractivity contribution in [2.45, 2.75) is 11.8 Å². The second kappa shape index (κ2) is 6.86. The number of para-hydroxylation sites is 1. The molecule has 0 N–H and O–H groups in total. The van der Waals surface area contributed by atoms with Crippen LogP contribution in [0.5, 0.6) is 0 Å². The summed E-state index contributed by atoms with van der Waals surface area (Å²) in [6, 6.07) is 11.9. The zero-order chi connectivity index (χ0) is 17.9. The molecule has 0 aliphatic heterocycles. The van der Waals surface area contributed by atoms with Gasteiger partial charge in [0, 0.05) is 11.6 Å². The van der Waals surface area contributed by atoms with Crippen molar-refractivity contribution in [2.24, 2.45) is 0 Å². The van der Waals surface area contributed by atoms with E-state index in [0.29, 0.717) is 0 Å². The van der Waals surface area contributed by atoms with Gasteiger partial charge in [0.2, 0.25) is 0 Å². The third kappa shape index (κ3) is 3.32. The summed E-state index contributed by atoms with van der Waals surface area (Å²) in [5.41, 5.74) is 0.0524. The van der Waals surface area contributed by atoms with E-state index >= 15 is 0 Å². The summed E-state index contributed by atoms with van der Waals surface area (Å²) in [6.07, 6.45) is 0. The van der Waals surface area contributed by atoms with E-state index in [1.165, 1.54) is 19.1 Å². The standard InChI is InChI=1S/C15H12ClN3O4S/c1-11-14(16)9-13(10-15(11)19(20)21)24(22,23)18(8-7-17)12-5-3-2-4-6-12/h2-6,9-10H,8H2,1H3. The molecule has 2 aromatic carbocycles. The number of benzene rings is 2. The van der Waals surface area contributed by atoms with E-state index in [9.17, 15) is 18.5 Å². The number of rotatable bonds is 5. The van der Waals surface area contributed by atoms with Gasteiger partial charge in [-0.05, 0) is 25.1 Å². The second-order valence-corrected chi connectivity index (χ2v) is 7.08. The van der Waals surface area contributed by atoms with E-state index in [2.05, 4.69) is 0 Å². The van der Waals surface area contributed by atoms with Crippen molar-refractivity contribution in [1.29, 1.82) is 5.26 Å². The smallest absolute Gasteiger partial charge is 0.258 e. The topological polar surface area (TPSA) is 104 Å². The Kier molecular flexibility index (Phi) is 5.07. The summed E-state index contributed by atoms with van der Waals surface area (Å²) in [6.45, 7) is 0.993. The van der Waals surface area contributed by atoms with Crippen LogP contribution in [-0.4, -0.2) is 19.9 Å². The first kappa shape index (κ1) is 17.7. The van der Waals surface area contributed by atoms with E-state index < -0.39 is 27.2 Å². The maximum Gasteiger partial charge on any atom is 0.275 e. The predicted octanol–water partition coefficient (Wildman–Crippen LogP) is 3.28. The number of halogens is 1. The highest BCUT2D eigenvalue weighted by Crippen LogP contribution is 2.32. The minimum Gasteiger partial charge on any atom is -0.258 e. The molecule has 0 aliphatic rings. The van der Waals surface area contributed by atoms with E-state index in [1.54, 1.807) is 24.3 Å². The Hall–Kier alpha value is -2.63. The molecule has 2 aromatic rings. The zero-order valence-electron chi connectivity index (χ0n) is 12.5. The number of nitro groups is 1. The van der Waals surface area contributed by atoms with Crippen molar-refractivity contribution in [3.63, 3.8) is 0 Å². The number of hydrogen-bond acceptors (Lipinski definition) is 5. The molecule has 0 amide bonds. The van der Waals surface area contributed by atoms with Gasteiger partial charge in [-0.2, -0.15) is 5.26 Å². The first-order valence-electron chi connectivity index (χ1n) is 6.68. The van der Waals surface area contributed by atoms with Gasteiger partial charge in [-0.25, -0.2) is 8.42 Å². The molecule has 0 saturated heterocycles. The molecule has 124 valence electrons. The summed E-state index contributed by atoms with van der Waals surface area (Å²) < 4.78 is 26.6. The highest BCUT2D eigenvalue weighted by Gasteiger charge is 2.28. The van der Waals surface area contributed by atoms with E-state index in [1.807, 2.05) is 0 Å². The molecule has 9 heteroatoms. The Morgan fingerprint density at radius 3 is 2.46 bits per heavy atom. The SMILES string of the molecule is Cc1c(Cl)cc(S(=O)(=O)N(CC#N)c2ccccc2)cc1[N+](=O)[O-]. The average molecular weight is 366 g/mol. The number of nitro benzene ring substituents is 1. The number of hydrogen-bond donors (Lipinski definition) is 0. The fourth-order valence-electron chi connectivity index (χ4n) is 2.08. The van der Waals surface area contributed by atoms with Gasteiger partial charge in [0.25, 0.3) is 15.7 Å². The number of nitriles is 1. The van der Waals surface area contributed by atoms with Gasteiger partial charge in [-0.15, -0.1) is 0 Å². The van der Waals surface area contributed by atoms with Crippen molar-refractivity contribution < 1.29 is 13.3 Å². The fourth-order valence-corrected chi connectivity index (χ4v) is 3.77. The third-order valence-corrected chi connectivity index (χ3v) is 5.48. The van der Waals surface area contributed by atoms with Crippen molar-refractivity contribution in [3.05, 3.63) is 63.2 Å². The molecule has 0 bridgehead atoms. The molecule has 0 aliphatic carbocycles. The Morgan fingerprint density at radius 1 is 1.29 bits per heavy atom. The van der Waals surface area contributed by atoms with Crippen molar-refractivity contribution in [1.82, 2.24) is 0 Å². The van der Waals surface area contributed by atoms with Gasteiger partial charge < -0.3 is 0 Å². The Labute approximate surface area is 143 Å². The maximum atomic E-state index is 12.9. The average Bonchev–Trinajstić information content (AvgIpc) is 2.55. The van der Waals surface area contributed by atoms with E-state index in [4.69, 9.17) is 16.9 Å². The van der Waals surface area contributed by atoms with Crippen molar-refractivity contribution in [3.8, 4) is 6.07 Å². The van der Waals surface area contributed by atoms with E-state index in [0.717, 1.165) is 16.4 Å². The number of nitrogens with zero attached hydrogens (tertiary/aromatic N) is 3.